The Morgan fingerprint density at radius 2 is 2.18 bits per heavy atom. The fourth-order valence-electron chi connectivity index (χ4n) is 1.22. The van der Waals surface area contributed by atoms with Gasteiger partial charge in [-0.05, 0) is 18.2 Å². The molecule has 0 saturated carbocycles. The van der Waals surface area contributed by atoms with Crippen LogP contribution in [-0.4, -0.2) is 23.7 Å². The minimum Gasteiger partial charge on any atom is -0.506 e. The Morgan fingerprint density at radius 1 is 1.41 bits per heavy atom. The van der Waals surface area contributed by atoms with E-state index >= 15 is 0 Å². The van der Waals surface area contributed by atoms with Crippen LogP contribution < -0.4 is 10.5 Å². The van der Waals surface area contributed by atoms with E-state index in [2.05, 4.69) is 14.9 Å². The van der Waals surface area contributed by atoms with Crippen LogP contribution in [0.1, 0.15) is 0 Å². The van der Waals surface area contributed by atoms with Gasteiger partial charge in [-0.3, -0.25) is 9.82 Å². The van der Waals surface area contributed by atoms with Gasteiger partial charge in [-0.25, -0.2) is 8.42 Å². The largest absolute Gasteiger partial charge is 0.506 e. The quantitative estimate of drug-likeness (QED) is 0.469. The van der Waals surface area contributed by atoms with E-state index in [4.69, 9.17) is 5.73 Å². The SMILES string of the molecule is Nc1cc(S(=O)(=O)Nc2cn[nH]c2)ccc1O. The van der Waals surface area contributed by atoms with Crippen LogP contribution in [0.4, 0.5) is 11.4 Å². The second kappa shape index (κ2) is 3.98. The normalized spacial score (nSPS) is 11.3. The average Bonchev–Trinajstić information content (AvgIpc) is 2.73. The van der Waals surface area contributed by atoms with Crippen molar-refractivity contribution in [3.8, 4) is 5.75 Å². The first-order chi connectivity index (χ1) is 7.99. The summed E-state index contributed by atoms with van der Waals surface area (Å²) in [5, 5.41) is 15.3. The highest BCUT2D eigenvalue weighted by molar-refractivity contribution is 7.92. The molecule has 0 radical (unpaired) electrons. The number of aromatic hydroxyl groups is 1. The molecule has 0 aliphatic carbocycles. The van der Waals surface area contributed by atoms with Crippen molar-refractivity contribution in [2.24, 2.45) is 0 Å². The number of aromatic amines is 1. The Hall–Kier alpha value is -2.22. The molecular formula is C9H10N4O3S. The van der Waals surface area contributed by atoms with E-state index in [9.17, 15) is 13.5 Å². The number of H-pyrrole nitrogens is 1. The zero-order valence-corrected chi connectivity index (χ0v) is 9.40. The fraction of sp³-hybridized carbons (Fsp3) is 0. The third-order valence-corrected chi connectivity index (χ3v) is 3.44. The summed E-state index contributed by atoms with van der Waals surface area (Å²) in [6.07, 6.45) is 2.74. The third kappa shape index (κ3) is 2.31. The highest BCUT2D eigenvalue weighted by Crippen LogP contribution is 2.24. The maximum absolute atomic E-state index is 11.9. The molecule has 0 saturated heterocycles. The first-order valence-corrected chi connectivity index (χ1v) is 6.07. The van der Waals surface area contributed by atoms with Gasteiger partial charge in [0.2, 0.25) is 0 Å². The Balaban J connectivity index is 2.35. The molecule has 0 spiro atoms. The minimum absolute atomic E-state index is 0.0000635. The predicted octanol–water partition coefficient (Wildman–Crippen LogP) is 0.498. The first-order valence-electron chi connectivity index (χ1n) is 4.59. The van der Waals surface area contributed by atoms with Gasteiger partial charge in [0.05, 0.1) is 22.5 Å². The number of nitrogen functional groups attached to an aromatic ring is 1. The molecule has 90 valence electrons. The first kappa shape index (κ1) is 11.3. The molecular weight excluding hydrogens is 244 g/mol. The van der Waals surface area contributed by atoms with Crippen LogP contribution in [-0.2, 0) is 10.0 Å². The summed E-state index contributed by atoms with van der Waals surface area (Å²) in [4.78, 5) is -0.0333. The number of sulfonamides is 1. The zero-order valence-electron chi connectivity index (χ0n) is 8.58. The summed E-state index contributed by atoms with van der Waals surface area (Å²) in [7, 11) is -3.72. The van der Waals surface area contributed by atoms with Crippen LogP contribution in [0.5, 0.6) is 5.75 Å². The third-order valence-electron chi connectivity index (χ3n) is 2.06. The molecule has 1 aromatic heterocycles. The molecule has 5 N–H and O–H groups in total. The molecule has 17 heavy (non-hydrogen) atoms. The van der Waals surface area contributed by atoms with Gasteiger partial charge in [0.1, 0.15) is 5.75 Å². The summed E-state index contributed by atoms with van der Waals surface area (Å²) in [6.45, 7) is 0. The van der Waals surface area contributed by atoms with Crippen molar-refractivity contribution in [1.29, 1.82) is 0 Å². The van der Waals surface area contributed by atoms with Crippen molar-refractivity contribution < 1.29 is 13.5 Å². The number of rotatable bonds is 3. The van der Waals surface area contributed by atoms with E-state index in [0.29, 0.717) is 5.69 Å². The number of benzene rings is 1. The highest BCUT2D eigenvalue weighted by Gasteiger charge is 2.15. The van der Waals surface area contributed by atoms with Crippen molar-refractivity contribution in [3.63, 3.8) is 0 Å². The molecule has 2 aromatic rings. The van der Waals surface area contributed by atoms with Gasteiger partial charge in [0.25, 0.3) is 10.0 Å². The van der Waals surface area contributed by atoms with E-state index in [1.165, 1.54) is 30.6 Å². The topological polar surface area (TPSA) is 121 Å². The van der Waals surface area contributed by atoms with Crippen molar-refractivity contribution in [3.05, 3.63) is 30.6 Å². The second-order valence-corrected chi connectivity index (χ2v) is 5.00. The molecule has 0 amide bonds. The van der Waals surface area contributed by atoms with Crippen molar-refractivity contribution in [1.82, 2.24) is 10.2 Å². The number of hydrogen-bond donors (Lipinski definition) is 4. The Kier molecular flexibility index (Phi) is 2.64. The fourth-order valence-corrected chi connectivity index (χ4v) is 2.29. The van der Waals surface area contributed by atoms with Gasteiger partial charge in [-0.15, -0.1) is 0 Å². The zero-order chi connectivity index (χ0) is 12.5. The number of nitrogens with two attached hydrogens (primary N) is 1. The van der Waals surface area contributed by atoms with Gasteiger partial charge in [0, 0.05) is 6.20 Å². The van der Waals surface area contributed by atoms with Gasteiger partial charge in [-0.1, -0.05) is 0 Å². The molecule has 7 nitrogen and oxygen atoms in total. The van der Waals surface area contributed by atoms with Crippen LogP contribution in [0.25, 0.3) is 0 Å². The molecule has 1 heterocycles. The smallest absolute Gasteiger partial charge is 0.262 e. The maximum Gasteiger partial charge on any atom is 0.262 e. The highest BCUT2D eigenvalue weighted by atomic mass is 32.2. The lowest BCUT2D eigenvalue weighted by atomic mass is 10.3. The molecule has 0 aliphatic heterocycles. The van der Waals surface area contributed by atoms with Gasteiger partial charge in [-0.2, -0.15) is 5.10 Å². The average molecular weight is 254 g/mol. The minimum atomic E-state index is -3.72. The molecule has 0 bridgehead atoms. The van der Waals surface area contributed by atoms with Crippen LogP contribution >= 0.6 is 0 Å². The maximum atomic E-state index is 11.9. The van der Waals surface area contributed by atoms with Gasteiger partial charge in [0.15, 0.2) is 0 Å². The summed E-state index contributed by atoms with van der Waals surface area (Å²) < 4.78 is 26.0. The Bertz CT molecular complexity index is 622. The van der Waals surface area contributed by atoms with E-state index in [1.807, 2.05) is 0 Å². The molecule has 0 atom stereocenters. The molecule has 1 aromatic carbocycles. The van der Waals surface area contributed by atoms with E-state index in [0.717, 1.165) is 0 Å². The molecule has 0 aliphatic rings. The van der Waals surface area contributed by atoms with Crippen LogP contribution in [0.15, 0.2) is 35.5 Å². The number of nitrogens with one attached hydrogen (secondary N) is 2. The molecule has 0 unspecified atom stereocenters. The van der Waals surface area contributed by atoms with Gasteiger partial charge < -0.3 is 10.8 Å². The second-order valence-electron chi connectivity index (χ2n) is 3.31. The number of nitrogens with zero attached hydrogens (tertiary/aromatic N) is 1. The summed E-state index contributed by atoms with van der Waals surface area (Å²) in [5.41, 5.74) is 5.75. The Morgan fingerprint density at radius 3 is 2.76 bits per heavy atom. The van der Waals surface area contributed by atoms with E-state index in [-0.39, 0.29) is 16.3 Å². The number of phenols is 1. The monoisotopic (exact) mass is 254 g/mol. The number of hydrogen-bond acceptors (Lipinski definition) is 5. The van der Waals surface area contributed by atoms with Crippen molar-refractivity contribution in [2.75, 3.05) is 10.5 Å². The van der Waals surface area contributed by atoms with Crippen molar-refractivity contribution in [2.45, 2.75) is 4.90 Å². The van der Waals surface area contributed by atoms with E-state index < -0.39 is 10.0 Å². The lowest BCUT2D eigenvalue weighted by Crippen LogP contribution is -2.12. The summed E-state index contributed by atoms with van der Waals surface area (Å²) >= 11 is 0. The Labute approximate surface area is 97.3 Å². The number of aromatic nitrogens is 2. The lowest BCUT2D eigenvalue weighted by Gasteiger charge is -2.07. The summed E-state index contributed by atoms with van der Waals surface area (Å²) in [5.74, 6) is -0.160. The van der Waals surface area contributed by atoms with E-state index in [1.54, 1.807) is 0 Å². The lowest BCUT2D eigenvalue weighted by molar-refractivity contribution is 0.477. The summed E-state index contributed by atoms with van der Waals surface area (Å²) in [6, 6.07) is 3.66. The van der Waals surface area contributed by atoms with Crippen LogP contribution in [0.2, 0.25) is 0 Å². The number of phenolic OH excluding ortho intramolecular Hbond substituents is 1. The van der Waals surface area contributed by atoms with Crippen molar-refractivity contribution >= 4 is 21.4 Å². The standard InChI is InChI=1S/C9H10N4O3S/c10-8-3-7(1-2-9(8)14)17(15,16)13-6-4-11-12-5-6/h1-5,13-14H,10H2,(H,11,12). The molecule has 8 heteroatoms. The van der Waals surface area contributed by atoms with Gasteiger partial charge >= 0.3 is 0 Å². The number of anilines is 2. The molecule has 0 fully saturated rings. The molecule has 2 rings (SSSR count). The van der Waals surface area contributed by atoms with Crippen LogP contribution in [0, 0.1) is 0 Å². The van der Waals surface area contributed by atoms with Crippen LogP contribution in [0.3, 0.4) is 0 Å². The predicted molar refractivity (Wildman–Crippen MR) is 61.9 cm³/mol.